The van der Waals surface area contributed by atoms with Gasteiger partial charge >= 0.3 is 5.97 Å². The molecule has 0 spiro atoms. The molecular formula is C21H25NO5. The van der Waals surface area contributed by atoms with Crippen LogP contribution in [0.15, 0.2) is 17.1 Å². The number of pyridine rings is 1. The van der Waals surface area contributed by atoms with Crippen molar-refractivity contribution < 1.29 is 19.4 Å². The van der Waals surface area contributed by atoms with Crippen LogP contribution in [0.4, 0.5) is 0 Å². The smallest absolute Gasteiger partial charge is 0.355 e. The van der Waals surface area contributed by atoms with Crippen LogP contribution in [-0.2, 0) is 18.3 Å². The van der Waals surface area contributed by atoms with Gasteiger partial charge in [0.1, 0.15) is 11.5 Å². The molecule has 144 valence electrons. The van der Waals surface area contributed by atoms with Gasteiger partial charge in [-0.2, -0.15) is 0 Å². The van der Waals surface area contributed by atoms with Crippen molar-refractivity contribution in [1.29, 1.82) is 0 Å². The molecule has 1 aliphatic rings. The lowest BCUT2D eigenvalue weighted by Crippen LogP contribution is -2.47. The van der Waals surface area contributed by atoms with E-state index in [1.807, 2.05) is 20.8 Å². The third-order valence-corrected chi connectivity index (χ3v) is 5.68. The van der Waals surface area contributed by atoms with Gasteiger partial charge in [-0.25, -0.2) is 4.79 Å². The molecule has 27 heavy (non-hydrogen) atoms. The van der Waals surface area contributed by atoms with E-state index in [4.69, 9.17) is 9.47 Å². The summed E-state index contributed by atoms with van der Waals surface area (Å²) in [7, 11) is 1.78. The van der Waals surface area contributed by atoms with Crippen LogP contribution in [0.5, 0.6) is 17.2 Å². The Morgan fingerprint density at radius 1 is 1.22 bits per heavy atom. The van der Waals surface area contributed by atoms with E-state index in [0.29, 0.717) is 24.3 Å². The first-order chi connectivity index (χ1) is 12.6. The number of aromatic nitrogens is 1. The summed E-state index contributed by atoms with van der Waals surface area (Å²) in [5, 5.41) is 10.3. The second-order valence-corrected chi connectivity index (χ2v) is 7.46. The highest BCUT2D eigenvalue weighted by Crippen LogP contribution is 2.43. The molecule has 2 aromatic rings. The average molecular weight is 371 g/mol. The highest BCUT2D eigenvalue weighted by atomic mass is 16.6. The fourth-order valence-electron chi connectivity index (χ4n) is 3.42. The van der Waals surface area contributed by atoms with Crippen molar-refractivity contribution in [3.8, 4) is 17.2 Å². The first-order valence-electron chi connectivity index (χ1n) is 8.96. The minimum atomic E-state index is -1.21. The first kappa shape index (κ1) is 19.0. The number of phenolic OH excluding ortho intramolecular Hbond substituents is 1. The molecule has 1 aromatic carbocycles. The highest BCUT2D eigenvalue weighted by molar-refractivity contribution is 5.82. The van der Waals surface area contributed by atoms with E-state index < -0.39 is 11.6 Å². The standard InChI is InChI=1S/C21H25NO5/c1-11-12(2)18-15(13(3)17(11)24)7-9-21(5,27-18)20(25)26-19-14(4)22(6)10-8-16(19)23/h8,10,24H,7,9H2,1-6H3/t21-/m0/s1. The molecule has 0 bridgehead atoms. The Kier molecular flexibility index (Phi) is 4.54. The molecule has 0 saturated carbocycles. The van der Waals surface area contributed by atoms with Gasteiger partial charge in [-0.1, -0.05) is 0 Å². The van der Waals surface area contributed by atoms with Crippen molar-refractivity contribution in [3.63, 3.8) is 0 Å². The maximum Gasteiger partial charge on any atom is 0.355 e. The fraction of sp³-hybridized carbons (Fsp3) is 0.429. The molecular weight excluding hydrogens is 346 g/mol. The van der Waals surface area contributed by atoms with Gasteiger partial charge in [0.25, 0.3) is 0 Å². The van der Waals surface area contributed by atoms with Crippen molar-refractivity contribution in [2.75, 3.05) is 0 Å². The molecule has 0 saturated heterocycles. The SMILES string of the molecule is Cc1c(C)c2c(c(C)c1O)CC[C@@](C)(C(=O)Oc1c(C)n(C)ccc1=O)O2. The quantitative estimate of drug-likeness (QED) is 0.821. The summed E-state index contributed by atoms with van der Waals surface area (Å²) >= 11 is 0. The largest absolute Gasteiger partial charge is 0.507 e. The molecule has 0 aliphatic carbocycles. The minimum absolute atomic E-state index is 0.0235. The number of benzene rings is 1. The number of nitrogens with zero attached hydrogens (tertiary/aromatic N) is 1. The number of carbonyl (C=O) groups excluding carboxylic acids is 1. The van der Waals surface area contributed by atoms with Crippen LogP contribution in [-0.4, -0.2) is 21.2 Å². The van der Waals surface area contributed by atoms with Gasteiger partial charge < -0.3 is 19.1 Å². The highest BCUT2D eigenvalue weighted by Gasteiger charge is 2.43. The summed E-state index contributed by atoms with van der Waals surface area (Å²) in [4.78, 5) is 25.1. The summed E-state index contributed by atoms with van der Waals surface area (Å²) in [5.74, 6) is 0.313. The Balaban J connectivity index is 1.97. The number of aromatic hydroxyl groups is 1. The number of esters is 1. The van der Waals surface area contributed by atoms with Gasteiger partial charge in [-0.15, -0.1) is 0 Å². The van der Waals surface area contributed by atoms with Gasteiger partial charge in [0.05, 0.1) is 5.69 Å². The molecule has 2 heterocycles. The van der Waals surface area contributed by atoms with Crippen molar-refractivity contribution in [1.82, 2.24) is 4.57 Å². The summed E-state index contributed by atoms with van der Waals surface area (Å²) in [6.45, 7) is 8.94. The molecule has 6 nitrogen and oxygen atoms in total. The van der Waals surface area contributed by atoms with Crippen LogP contribution in [0.25, 0.3) is 0 Å². The fourth-order valence-corrected chi connectivity index (χ4v) is 3.42. The Morgan fingerprint density at radius 2 is 1.89 bits per heavy atom. The molecule has 0 fully saturated rings. The second-order valence-electron chi connectivity index (χ2n) is 7.46. The topological polar surface area (TPSA) is 77.8 Å². The van der Waals surface area contributed by atoms with Gasteiger partial charge in [0.15, 0.2) is 5.75 Å². The number of hydrogen-bond donors (Lipinski definition) is 1. The van der Waals surface area contributed by atoms with Gasteiger partial charge in [-0.05, 0) is 57.7 Å². The number of carbonyl (C=O) groups is 1. The van der Waals surface area contributed by atoms with Gasteiger partial charge in [-0.3, -0.25) is 4.79 Å². The Bertz CT molecular complexity index is 1000. The van der Waals surface area contributed by atoms with Crippen molar-refractivity contribution in [3.05, 3.63) is 50.4 Å². The molecule has 6 heteroatoms. The zero-order valence-electron chi connectivity index (χ0n) is 16.6. The van der Waals surface area contributed by atoms with Crippen molar-refractivity contribution >= 4 is 5.97 Å². The van der Waals surface area contributed by atoms with E-state index >= 15 is 0 Å². The van der Waals surface area contributed by atoms with Gasteiger partial charge in [0, 0.05) is 31.3 Å². The molecule has 1 atom stereocenters. The van der Waals surface area contributed by atoms with E-state index in [-0.39, 0.29) is 16.9 Å². The maximum absolute atomic E-state index is 12.9. The van der Waals surface area contributed by atoms with E-state index in [2.05, 4.69) is 0 Å². The normalized spacial score (nSPS) is 18.6. The first-order valence-corrected chi connectivity index (χ1v) is 8.96. The van der Waals surface area contributed by atoms with E-state index in [1.165, 1.54) is 6.07 Å². The summed E-state index contributed by atoms with van der Waals surface area (Å²) in [6.07, 6.45) is 2.60. The van der Waals surface area contributed by atoms with Crippen LogP contribution >= 0.6 is 0 Å². The monoisotopic (exact) mass is 371 g/mol. The van der Waals surface area contributed by atoms with Crippen molar-refractivity contribution in [2.24, 2.45) is 7.05 Å². The summed E-state index contributed by atoms with van der Waals surface area (Å²) in [6, 6.07) is 1.37. The lowest BCUT2D eigenvalue weighted by atomic mass is 9.87. The van der Waals surface area contributed by atoms with E-state index in [0.717, 1.165) is 22.3 Å². The van der Waals surface area contributed by atoms with Crippen LogP contribution in [0.2, 0.25) is 0 Å². The zero-order valence-corrected chi connectivity index (χ0v) is 16.6. The third kappa shape index (κ3) is 2.99. The maximum atomic E-state index is 12.9. The molecule has 0 radical (unpaired) electrons. The summed E-state index contributed by atoms with van der Waals surface area (Å²) < 4.78 is 13.3. The Labute approximate surface area is 158 Å². The summed E-state index contributed by atoms with van der Waals surface area (Å²) in [5.41, 5.74) is 2.25. The Morgan fingerprint density at radius 3 is 2.56 bits per heavy atom. The number of rotatable bonds is 2. The number of fused-ring (bicyclic) bond motifs is 1. The molecule has 0 amide bonds. The number of phenols is 1. The van der Waals surface area contributed by atoms with Crippen LogP contribution in [0, 0.1) is 27.7 Å². The van der Waals surface area contributed by atoms with Gasteiger partial charge in [0.2, 0.25) is 11.0 Å². The third-order valence-electron chi connectivity index (χ3n) is 5.68. The lowest BCUT2D eigenvalue weighted by Gasteiger charge is -2.35. The molecule has 0 unspecified atom stereocenters. The number of hydrogen-bond acceptors (Lipinski definition) is 5. The predicted molar refractivity (Wildman–Crippen MR) is 102 cm³/mol. The second kappa shape index (κ2) is 6.44. The number of ether oxygens (including phenoxy) is 2. The van der Waals surface area contributed by atoms with Crippen LogP contribution in [0.1, 0.15) is 41.3 Å². The average Bonchev–Trinajstić information content (AvgIpc) is 2.64. The molecule has 1 N–H and O–H groups in total. The van der Waals surface area contributed by atoms with E-state index in [9.17, 15) is 14.7 Å². The minimum Gasteiger partial charge on any atom is -0.507 e. The number of aryl methyl sites for hydroxylation is 1. The Hall–Kier alpha value is -2.76. The van der Waals surface area contributed by atoms with Crippen molar-refractivity contribution in [2.45, 2.75) is 53.1 Å². The zero-order chi connectivity index (χ0) is 20.1. The van der Waals surface area contributed by atoms with E-state index in [1.54, 1.807) is 31.7 Å². The molecule has 1 aromatic heterocycles. The molecule has 3 rings (SSSR count). The van der Waals surface area contributed by atoms with Crippen LogP contribution in [0.3, 0.4) is 0 Å². The lowest BCUT2D eigenvalue weighted by molar-refractivity contribution is -0.152. The van der Waals surface area contributed by atoms with Crippen LogP contribution < -0.4 is 14.9 Å². The molecule has 1 aliphatic heterocycles. The predicted octanol–water partition coefficient (Wildman–Crippen LogP) is 3.01.